The number of unbranched alkanes of at least 4 members (excludes halogenated alkanes) is 2. The third kappa shape index (κ3) is 7.31. The predicted molar refractivity (Wildman–Crippen MR) is 83.9 cm³/mol. The molecule has 0 unspecified atom stereocenters. The molecule has 0 saturated carbocycles. The van der Waals surface area contributed by atoms with E-state index in [9.17, 15) is 0 Å². The van der Waals surface area contributed by atoms with Gasteiger partial charge in [0.15, 0.2) is 0 Å². The molecule has 20 heavy (non-hydrogen) atoms. The summed E-state index contributed by atoms with van der Waals surface area (Å²) >= 11 is 0. The maximum absolute atomic E-state index is 6.05. The highest BCUT2D eigenvalue weighted by molar-refractivity contribution is 5.26. The van der Waals surface area contributed by atoms with Gasteiger partial charge in [0.1, 0.15) is 5.75 Å². The molecule has 0 spiro atoms. The highest BCUT2D eigenvalue weighted by Gasteiger charge is 2.02. The Morgan fingerprint density at radius 1 is 1.20 bits per heavy atom. The van der Waals surface area contributed by atoms with Gasteiger partial charge in [-0.05, 0) is 43.4 Å². The lowest BCUT2D eigenvalue weighted by molar-refractivity contribution is 0.113. The van der Waals surface area contributed by atoms with E-state index in [-0.39, 0.29) is 6.04 Å². The van der Waals surface area contributed by atoms with E-state index >= 15 is 0 Å². The van der Waals surface area contributed by atoms with Crippen molar-refractivity contribution in [3.05, 3.63) is 42.5 Å². The summed E-state index contributed by atoms with van der Waals surface area (Å²) < 4.78 is 10.8. The van der Waals surface area contributed by atoms with Crippen LogP contribution < -0.4 is 10.5 Å². The molecular formula is C17H27NO2. The molecule has 0 aromatic heterocycles. The highest BCUT2D eigenvalue weighted by atomic mass is 16.5. The van der Waals surface area contributed by atoms with Crippen LogP contribution in [-0.2, 0) is 11.3 Å². The molecule has 0 radical (unpaired) electrons. The molecule has 0 fully saturated rings. The first-order valence-corrected chi connectivity index (χ1v) is 7.33. The number of nitrogens with two attached hydrogens (primary N) is 1. The van der Waals surface area contributed by atoms with E-state index in [2.05, 4.69) is 6.58 Å². The van der Waals surface area contributed by atoms with Gasteiger partial charge < -0.3 is 15.2 Å². The highest BCUT2D eigenvalue weighted by Crippen LogP contribution is 2.12. The molecule has 0 heterocycles. The van der Waals surface area contributed by atoms with E-state index in [1.807, 2.05) is 30.3 Å². The van der Waals surface area contributed by atoms with Crippen molar-refractivity contribution < 1.29 is 9.47 Å². The molecule has 1 rings (SSSR count). The van der Waals surface area contributed by atoms with Gasteiger partial charge in [-0.25, -0.2) is 0 Å². The van der Waals surface area contributed by atoms with Gasteiger partial charge >= 0.3 is 0 Å². The minimum atomic E-state index is 0.246. The Morgan fingerprint density at radius 2 is 1.95 bits per heavy atom. The van der Waals surface area contributed by atoms with Crippen LogP contribution in [-0.4, -0.2) is 19.8 Å². The minimum absolute atomic E-state index is 0.246. The Labute approximate surface area is 122 Å². The molecule has 0 aliphatic heterocycles. The lowest BCUT2D eigenvalue weighted by Crippen LogP contribution is -2.21. The van der Waals surface area contributed by atoms with Crippen molar-refractivity contribution in [1.29, 1.82) is 0 Å². The van der Waals surface area contributed by atoms with Crippen molar-refractivity contribution in [3.63, 3.8) is 0 Å². The monoisotopic (exact) mass is 277 g/mol. The normalized spacial score (nSPS) is 12.1. The van der Waals surface area contributed by atoms with Crippen molar-refractivity contribution in [2.45, 2.75) is 44.8 Å². The first-order chi connectivity index (χ1) is 9.76. The Hall–Kier alpha value is -1.32. The zero-order valence-corrected chi connectivity index (χ0v) is 12.5. The van der Waals surface area contributed by atoms with Crippen LogP contribution in [0.1, 0.15) is 37.7 Å². The Bertz CT molecular complexity index is 362. The molecule has 1 aromatic rings. The second-order valence-corrected chi connectivity index (χ2v) is 5.02. The summed E-state index contributed by atoms with van der Waals surface area (Å²) in [6.45, 7) is 5.07. The van der Waals surface area contributed by atoms with Gasteiger partial charge in [0.2, 0.25) is 0 Å². The van der Waals surface area contributed by atoms with Crippen LogP contribution in [0.2, 0.25) is 0 Å². The third-order valence-electron chi connectivity index (χ3n) is 3.29. The fourth-order valence-corrected chi connectivity index (χ4v) is 1.99. The number of hydrogen-bond donors (Lipinski definition) is 1. The van der Waals surface area contributed by atoms with Crippen LogP contribution in [0.4, 0.5) is 0 Å². The zero-order valence-electron chi connectivity index (χ0n) is 12.5. The maximum atomic E-state index is 6.05. The quantitative estimate of drug-likeness (QED) is 0.496. The molecule has 0 saturated heterocycles. The fraction of sp³-hybridized carbons (Fsp3) is 0.529. The van der Waals surface area contributed by atoms with Crippen LogP contribution in [0, 0.1) is 0 Å². The van der Waals surface area contributed by atoms with Gasteiger partial charge in [0.05, 0.1) is 13.7 Å². The van der Waals surface area contributed by atoms with E-state index in [0.29, 0.717) is 13.2 Å². The maximum Gasteiger partial charge on any atom is 0.118 e. The molecule has 112 valence electrons. The molecule has 0 amide bonds. The second-order valence-electron chi connectivity index (χ2n) is 5.02. The molecule has 0 aliphatic rings. The van der Waals surface area contributed by atoms with Crippen molar-refractivity contribution in [2.75, 3.05) is 13.7 Å². The molecule has 1 atom stereocenters. The summed E-state index contributed by atoms with van der Waals surface area (Å²) in [5, 5.41) is 0. The molecule has 2 N–H and O–H groups in total. The lowest BCUT2D eigenvalue weighted by atomic mass is 10.1. The molecule has 3 heteroatoms. The van der Waals surface area contributed by atoms with E-state index in [1.165, 1.54) is 12.8 Å². The first kappa shape index (κ1) is 16.7. The number of hydrogen-bond acceptors (Lipinski definition) is 3. The topological polar surface area (TPSA) is 44.5 Å². The van der Waals surface area contributed by atoms with Crippen LogP contribution in [0.15, 0.2) is 36.9 Å². The van der Waals surface area contributed by atoms with Crippen LogP contribution in [0.3, 0.4) is 0 Å². The van der Waals surface area contributed by atoms with Gasteiger partial charge in [0, 0.05) is 12.6 Å². The standard InChI is InChI=1S/C17H27NO2/c1-3-4-5-6-7-16(18)12-13-20-14-15-8-10-17(19-2)11-9-15/h3,8-11,16H,1,4-7,12-14,18H2,2H3/t16-/m1/s1. The molecule has 3 nitrogen and oxygen atoms in total. The summed E-state index contributed by atoms with van der Waals surface area (Å²) in [4.78, 5) is 0. The van der Waals surface area contributed by atoms with Crippen molar-refractivity contribution >= 4 is 0 Å². The lowest BCUT2D eigenvalue weighted by Gasteiger charge is -2.11. The van der Waals surface area contributed by atoms with E-state index in [4.69, 9.17) is 15.2 Å². The van der Waals surface area contributed by atoms with E-state index in [0.717, 1.165) is 30.6 Å². The summed E-state index contributed by atoms with van der Waals surface area (Å²) in [6.07, 6.45) is 7.39. The smallest absolute Gasteiger partial charge is 0.118 e. The van der Waals surface area contributed by atoms with Gasteiger partial charge in [-0.3, -0.25) is 0 Å². The SMILES string of the molecule is C=CCCCC[C@@H](N)CCOCc1ccc(OC)cc1. The van der Waals surface area contributed by atoms with Gasteiger partial charge in [-0.1, -0.05) is 24.6 Å². The molecule has 0 aliphatic carbocycles. The average molecular weight is 277 g/mol. The number of allylic oxidation sites excluding steroid dienone is 1. The Balaban J connectivity index is 2.06. The van der Waals surface area contributed by atoms with Crippen molar-refractivity contribution in [3.8, 4) is 5.75 Å². The first-order valence-electron chi connectivity index (χ1n) is 7.33. The summed E-state index contributed by atoms with van der Waals surface area (Å²) in [7, 11) is 1.67. The molecule has 1 aromatic carbocycles. The van der Waals surface area contributed by atoms with Gasteiger partial charge in [0.25, 0.3) is 0 Å². The van der Waals surface area contributed by atoms with Gasteiger partial charge in [-0.2, -0.15) is 0 Å². The number of methoxy groups -OCH3 is 1. The fourth-order valence-electron chi connectivity index (χ4n) is 1.99. The van der Waals surface area contributed by atoms with E-state index < -0.39 is 0 Å². The molecule has 0 bridgehead atoms. The zero-order chi connectivity index (χ0) is 14.6. The van der Waals surface area contributed by atoms with E-state index in [1.54, 1.807) is 7.11 Å². The minimum Gasteiger partial charge on any atom is -0.497 e. The number of benzene rings is 1. The van der Waals surface area contributed by atoms with Crippen LogP contribution in [0.5, 0.6) is 5.75 Å². The number of ether oxygens (including phenoxy) is 2. The Kier molecular flexibility index (Phi) is 8.76. The van der Waals surface area contributed by atoms with Crippen molar-refractivity contribution in [1.82, 2.24) is 0 Å². The number of rotatable bonds is 11. The predicted octanol–water partition coefficient (Wildman–Crippen LogP) is 3.68. The van der Waals surface area contributed by atoms with Crippen LogP contribution >= 0.6 is 0 Å². The molecular weight excluding hydrogens is 250 g/mol. The summed E-state index contributed by atoms with van der Waals surface area (Å²) in [5.41, 5.74) is 7.21. The Morgan fingerprint density at radius 3 is 2.60 bits per heavy atom. The summed E-state index contributed by atoms with van der Waals surface area (Å²) in [5.74, 6) is 0.871. The third-order valence-corrected chi connectivity index (χ3v) is 3.29. The second kappa shape index (κ2) is 10.5. The summed E-state index contributed by atoms with van der Waals surface area (Å²) in [6, 6.07) is 8.19. The average Bonchev–Trinajstić information content (AvgIpc) is 2.49. The largest absolute Gasteiger partial charge is 0.497 e. The van der Waals surface area contributed by atoms with Crippen LogP contribution in [0.25, 0.3) is 0 Å². The van der Waals surface area contributed by atoms with Gasteiger partial charge in [-0.15, -0.1) is 6.58 Å². The van der Waals surface area contributed by atoms with Crippen molar-refractivity contribution in [2.24, 2.45) is 5.73 Å².